The molecule has 0 aliphatic heterocycles. The highest BCUT2D eigenvalue weighted by atomic mass is 16.2. The van der Waals surface area contributed by atoms with E-state index < -0.39 is 0 Å². The van der Waals surface area contributed by atoms with Crippen molar-refractivity contribution in [2.45, 2.75) is 0 Å². The van der Waals surface area contributed by atoms with Crippen LogP contribution in [-0.2, 0) is 7.05 Å². The molecule has 58 valence electrons. The lowest BCUT2D eigenvalue weighted by molar-refractivity contribution is -0.673. The minimum atomic E-state index is -0.284. The van der Waals surface area contributed by atoms with E-state index in [-0.39, 0.29) is 5.91 Å². The summed E-state index contributed by atoms with van der Waals surface area (Å²) in [6, 6.07) is 5.32. The standard InChI is InChI=1S/C7H9N3O/c1-10-5-3-2-4-6(10)7(11)9-8/h2-5,8,11H,1H3/p+1. The van der Waals surface area contributed by atoms with Crippen LogP contribution >= 0.6 is 0 Å². The normalized spacial score (nSPS) is 9.27. The molecular weight excluding hydrogens is 142 g/mol. The van der Waals surface area contributed by atoms with E-state index in [1.165, 1.54) is 0 Å². The van der Waals surface area contributed by atoms with Crippen molar-refractivity contribution in [3.63, 3.8) is 0 Å². The Kier molecular flexibility index (Phi) is 2.18. The molecule has 0 unspecified atom stereocenters. The lowest BCUT2D eigenvalue weighted by Crippen LogP contribution is -2.42. The zero-order valence-corrected chi connectivity index (χ0v) is 6.24. The van der Waals surface area contributed by atoms with Gasteiger partial charge < -0.3 is 0 Å². The maximum atomic E-state index is 11.0. The first-order chi connectivity index (χ1) is 5.25. The van der Waals surface area contributed by atoms with E-state index >= 15 is 0 Å². The van der Waals surface area contributed by atoms with E-state index in [0.29, 0.717) is 5.69 Å². The van der Waals surface area contributed by atoms with Gasteiger partial charge in [-0.05, 0) is 6.07 Å². The highest BCUT2D eigenvalue weighted by Crippen LogP contribution is 1.88. The highest BCUT2D eigenvalue weighted by Gasteiger charge is 2.12. The molecule has 1 aromatic rings. The van der Waals surface area contributed by atoms with E-state index in [1.807, 2.05) is 6.07 Å². The Bertz CT molecular complexity index is 272. The van der Waals surface area contributed by atoms with Crippen LogP contribution < -0.4 is 15.8 Å². The number of nitrogen functional groups attached to an aromatic ring is 1. The molecule has 1 amide bonds. The monoisotopic (exact) mass is 152 g/mol. The number of aromatic nitrogens is 1. The molecule has 0 aromatic carbocycles. The van der Waals surface area contributed by atoms with Crippen LogP contribution in [0.5, 0.6) is 0 Å². The van der Waals surface area contributed by atoms with Crippen LogP contribution in [0.15, 0.2) is 24.4 Å². The van der Waals surface area contributed by atoms with Gasteiger partial charge in [0.25, 0.3) is 5.69 Å². The van der Waals surface area contributed by atoms with Crippen molar-refractivity contribution >= 4 is 5.91 Å². The van der Waals surface area contributed by atoms with Crippen LogP contribution in [0.3, 0.4) is 0 Å². The summed E-state index contributed by atoms with van der Waals surface area (Å²) >= 11 is 0. The average molecular weight is 152 g/mol. The first kappa shape index (κ1) is 7.68. The van der Waals surface area contributed by atoms with Gasteiger partial charge in [0.1, 0.15) is 7.05 Å². The number of hydrogen-bond donors (Lipinski definition) is 2. The number of nitrogens with two attached hydrogens (primary N) is 1. The molecule has 4 nitrogen and oxygen atoms in total. The predicted octanol–water partition coefficient (Wildman–Crippen LogP) is -0.885. The Morgan fingerprint density at radius 2 is 2.36 bits per heavy atom. The molecule has 3 N–H and O–H groups in total. The summed E-state index contributed by atoms with van der Waals surface area (Å²) in [4.78, 5) is 11.0. The van der Waals surface area contributed by atoms with E-state index in [1.54, 1.807) is 29.9 Å². The van der Waals surface area contributed by atoms with Crippen molar-refractivity contribution < 1.29 is 9.36 Å². The zero-order valence-electron chi connectivity index (χ0n) is 6.24. The van der Waals surface area contributed by atoms with Crippen molar-refractivity contribution in [2.75, 3.05) is 0 Å². The molecule has 0 aliphatic rings. The van der Waals surface area contributed by atoms with Crippen molar-refractivity contribution in [3.8, 4) is 0 Å². The summed E-state index contributed by atoms with van der Waals surface area (Å²) in [6.07, 6.45) is 1.78. The minimum Gasteiger partial charge on any atom is -0.285 e. The number of amides is 1. The molecule has 0 saturated heterocycles. The number of carbonyl (C=O) groups excluding carboxylic acids is 1. The fraction of sp³-hybridized carbons (Fsp3) is 0.143. The zero-order chi connectivity index (χ0) is 8.27. The third kappa shape index (κ3) is 1.53. The molecule has 0 atom stereocenters. The lowest BCUT2D eigenvalue weighted by Gasteiger charge is -1.95. The van der Waals surface area contributed by atoms with Crippen LogP contribution in [0.1, 0.15) is 10.5 Å². The summed E-state index contributed by atoms with van der Waals surface area (Å²) in [5.41, 5.74) is 2.60. The predicted molar refractivity (Wildman–Crippen MR) is 39.3 cm³/mol. The Hall–Kier alpha value is -1.42. The molecular formula is C7H10N3O+. The van der Waals surface area contributed by atoms with E-state index in [4.69, 9.17) is 5.84 Å². The topological polar surface area (TPSA) is 59.0 Å². The van der Waals surface area contributed by atoms with Gasteiger partial charge >= 0.3 is 5.91 Å². The molecule has 0 spiro atoms. The average Bonchev–Trinajstić information content (AvgIpc) is 2.04. The van der Waals surface area contributed by atoms with Crippen LogP contribution in [-0.4, -0.2) is 5.91 Å². The smallest absolute Gasteiger partial charge is 0.285 e. The fourth-order valence-electron chi connectivity index (χ4n) is 0.833. The number of nitrogens with one attached hydrogen (secondary N) is 1. The number of aryl methyl sites for hydroxylation is 1. The van der Waals surface area contributed by atoms with E-state index in [2.05, 4.69) is 5.43 Å². The fourth-order valence-corrected chi connectivity index (χ4v) is 0.833. The van der Waals surface area contributed by atoms with Crippen LogP contribution in [0.4, 0.5) is 0 Å². The molecule has 0 saturated carbocycles. The number of carbonyl (C=O) groups is 1. The molecule has 0 radical (unpaired) electrons. The second kappa shape index (κ2) is 3.12. The largest absolute Gasteiger partial charge is 0.329 e. The molecule has 1 heterocycles. The van der Waals surface area contributed by atoms with Gasteiger partial charge in [-0.2, -0.15) is 4.57 Å². The van der Waals surface area contributed by atoms with Crippen LogP contribution in [0, 0.1) is 0 Å². The van der Waals surface area contributed by atoms with Gasteiger partial charge in [0.15, 0.2) is 6.20 Å². The molecule has 0 fully saturated rings. The number of pyridine rings is 1. The number of hydrogen-bond acceptors (Lipinski definition) is 2. The molecule has 0 aliphatic carbocycles. The van der Waals surface area contributed by atoms with Gasteiger partial charge in [-0.25, -0.2) is 5.84 Å². The minimum absolute atomic E-state index is 0.284. The van der Waals surface area contributed by atoms with Gasteiger partial charge in [0.2, 0.25) is 0 Å². The number of nitrogens with zero attached hydrogens (tertiary/aromatic N) is 1. The SMILES string of the molecule is C[n+]1ccccc1C(=O)NN. The summed E-state index contributed by atoms with van der Waals surface area (Å²) in [6.45, 7) is 0. The lowest BCUT2D eigenvalue weighted by atomic mass is 10.3. The van der Waals surface area contributed by atoms with Crippen molar-refractivity contribution in [1.29, 1.82) is 0 Å². The van der Waals surface area contributed by atoms with Crippen LogP contribution in [0.2, 0.25) is 0 Å². The second-order valence-corrected chi connectivity index (χ2v) is 2.17. The van der Waals surface area contributed by atoms with Crippen LogP contribution in [0.25, 0.3) is 0 Å². The highest BCUT2D eigenvalue weighted by molar-refractivity contribution is 5.90. The van der Waals surface area contributed by atoms with Crippen molar-refractivity contribution in [2.24, 2.45) is 12.9 Å². The second-order valence-electron chi connectivity index (χ2n) is 2.17. The van der Waals surface area contributed by atoms with Gasteiger partial charge in [0.05, 0.1) is 0 Å². The third-order valence-electron chi connectivity index (χ3n) is 1.42. The van der Waals surface area contributed by atoms with Gasteiger partial charge in [-0.1, -0.05) is 0 Å². The molecule has 0 bridgehead atoms. The molecule has 1 rings (SSSR count). The molecule has 1 aromatic heterocycles. The van der Waals surface area contributed by atoms with E-state index in [0.717, 1.165) is 0 Å². The maximum Gasteiger partial charge on any atom is 0.329 e. The van der Waals surface area contributed by atoms with Crippen molar-refractivity contribution in [1.82, 2.24) is 5.43 Å². The Morgan fingerprint density at radius 1 is 1.64 bits per heavy atom. The Morgan fingerprint density at radius 3 is 2.91 bits per heavy atom. The first-order valence-electron chi connectivity index (χ1n) is 3.21. The number of hydrazine groups is 1. The van der Waals surface area contributed by atoms with Crippen molar-refractivity contribution in [3.05, 3.63) is 30.1 Å². The molecule has 4 heteroatoms. The maximum absolute atomic E-state index is 11.0. The first-order valence-corrected chi connectivity index (χ1v) is 3.21. The van der Waals surface area contributed by atoms with Gasteiger partial charge in [0, 0.05) is 12.1 Å². The third-order valence-corrected chi connectivity index (χ3v) is 1.42. The molecule has 11 heavy (non-hydrogen) atoms. The summed E-state index contributed by atoms with van der Waals surface area (Å²) < 4.78 is 1.70. The summed E-state index contributed by atoms with van der Waals surface area (Å²) in [5.74, 6) is 4.68. The van der Waals surface area contributed by atoms with Gasteiger partial charge in [-0.15, -0.1) is 0 Å². The Labute approximate surface area is 64.6 Å². The quantitative estimate of drug-likeness (QED) is 0.237. The number of rotatable bonds is 1. The van der Waals surface area contributed by atoms with E-state index in [9.17, 15) is 4.79 Å². The summed E-state index contributed by atoms with van der Waals surface area (Å²) in [5, 5.41) is 0. The van der Waals surface area contributed by atoms with Gasteiger partial charge in [-0.3, -0.25) is 10.2 Å². The Balaban J connectivity index is 3.03. The summed E-state index contributed by atoms with van der Waals surface area (Å²) in [7, 11) is 1.78.